The first-order valence-electron chi connectivity index (χ1n) is 9.32. The van der Waals surface area contributed by atoms with Crippen LogP contribution in [0.25, 0.3) is 0 Å². The molecule has 2 heterocycles. The molecule has 0 radical (unpaired) electrons. The van der Waals surface area contributed by atoms with E-state index in [-0.39, 0.29) is 17.1 Å². The smallest absolute Gasteiger partial charge is 0.221 e. The van der Waals surface area contributed by atoms with Gasteiger partial charge in [-0.3, -0.25) is 0 Å². The zero-order valence-electron chi connectivity index (χ0n) is 15.3. The summed E-state index contributed by atoms with van der Waals surface area (Å²) in [6.07, 6.45) is 5.88. The molecule has 2 aliphatic heterocycles. The Bertz CT molecular complexity index is 623. The predicted octanol–water partition coefficient (Wildman–Crippen LogP) is 3.09. The highest BCUT2D eigenvalue weighted by Crippen LogP contribution is 2.59. The molecule has 6 atom stereocenters. The molecule has 134 valence electrons. The van der Waals surface area contributed by atoms with Crippen LogP contribution in [0.3, 0.4) is 0 Å². The molecule has 2 aliphatic carbocycles. The second kappa shape index (κ2) is 5.16. The van der Waals surface area contributed by atoms with Gasteiger partial charge in [-0.25, -0.2) is 0 Å². The molecule has 1 fully saturated rings. The highest BCUT2D eigenvalue weighted by atomic mass is 16.7. The zero-order chi connectivity index (χ0) is 17.3. The molecule has 2 unspecified atom stereocenters. The van der Waals surface area contributed by atoms with Gasteiger partial charge in [0.05, 0.1) is 18.3 Å². The van der Waals surface area contributed by atoms with E-state index in [2.05, 4.69) is 26.8 Å². The molecule has 0 saturated carbocycles. The summed E-state index contributed by atoms with van der Waals surface area (Å²) < 4.78 is 11.9. The van der Waals surface area contributed by atoms with Crippen molar-refractivity contribution in [3.8, 4) is 0 Å². The molecule has 4 heteroatoms. The van der Waals surface area contributed by atoms with Gasteiger partial charge in [0.25, 0.3) is 0 Å². The van der Waals surface area contributed by atoms with Crippen LogP contribution < -0.4 is 0 Å². The third kappa shape index (κ3) is 2.20. The largest absolute Gasteiger partial charge is 0.389 e. The van der Waals surface area contributed by atoms with Gasteiger partial charge in [0.1, 0.15) is 6.10 Å². The summed E-state index contributed by atoms with van der Waals surface area (Å²) in [6, 6.07) is 0. The van der Waals surface area contributed by atoms with Crippen LogP contribution in [-0.2, 0) is 9.47 Å². The van der Waals surface area contributed by atoms with Gasteiger partial charge in [0.2, 0.25) is 5.79 Å². The van der Waals surface area contributed by atoms with E-state index in [9.17, 15) is 10.2 Å². The van der Waals surface area contributed by atoms with Crippen LogP contribution in [0.5, 0.6) is 0 Å². The highest BCUT2D eigenvalue weighted by Gasteiger charge is 2.68. The summed E-state index contributed by atoms with van der Waals surface area (Å²) in [5.74, 6) is -1.09. The van der Waals surface area contributed by atoms with Crippen molar-refractivity contribution in [2.24, 2.45) is 11.3 Å². The van der Waals surface area contributed by atoms with Gasteiger partial charge in [-0.2, -0.15) is 0 Å². The number of hydrogen-bond donors (Lipinski definition) is 2. The predicted molar refractivity (Wildman–Crippen MR) is 91.3 cm³/mol. The summed E-state index contributed by atoms with van der Waals surface area (Å²) in [6.45, 7) is 9.15. The third-order valence-electron chi connectivity index (χ3n) is 7.25. The van der Waals surface area contributed by atoms with E-state index in [0.717, 1.165) is 31.3 Å². The second-order valence-electron chi connectivity index (χ2n) is 8.85. The quantitative estimate of drug-likeness (QED) is 0.528. The van der Waals surface area contributed by atoms with Crippen LogP contribution in [-0.4, -0.2) is 40.4 Å². The molecule has 4 aliphatic rings. The van der Waals surface area contributed by atoms with Crippen molar-refractivity contribution in [3.05, 3.63) is 22.8 Å². The van der Waals surface area contributed by atoms with E-state index < -0.39 is 11.9 Å². The fraction of sp³-hybridized carbons (Fsp3) is 0.800. The van der Waals surface area contributed by atoms with E-state index >= 15 is 0 Å². The van der Waals surface area contributed by atoms with Crippen LogP contribution in [0.4, 0.5) is 0 Å². The molecular weight excluding hydrogens is 304 g/mol. The maximum atomic E-state index is 11.3. The van der Waals surface area contributed by atoms with Crippen molar-refractivity contribution in [3.63, 3.8) is 0 Å². The maximum Gasteiger partial charge on any atom is 0.221 e. The van der Waals surface area contributed by atoms with E-state index in [0.29, 0.717) is 24.5 Å². The van der Waals surface area contributed by atoms with E-state index in [1.165, 1.54) is 5.57 Å². The second-order valence-corrected chi connectivity index (χ2v) is 8.85. The van der Waals surface area contributed by atoms with Crippen LogP contribution in [0, 0.1) is 11.3 Å². The van der Waals surface area contributed by atoms with E-state index in [4.69, 9.17) is 9.47 Å². The molecule has 0 aromatic heterocycles. The standard InChI is InChI=1S/C20H30O4/c1-12-6-5-8-19(4)17(24-19)20(22)16-14(11-23-20)18(3,9-7-12)13(2)10-15(16)21/h6,13,15,17,21-22H,5,7-11H2,1-4H3/t13-,15?,17+,18+,19-,20?/m0/s1. The summed E-state index contributed by atoms with van der Waals surface area (Å²) in [7, 11) is 0. The van der Waals surface area contributed by atoms with Crippen molar-refractivity contribution >= 4 is 0 Å². The number of aliphatic hydroxyl groups excluding tert-OH is 1. The number of rotatable bonds is 0. The van der Waals surface area contributed by atoms with Gasteiger partial charge in [-0.1, -0.05) is 25.5 Å². The van der Waals surface area contributed by atoms with Crippen molar-refractivity contribution in [1.82, 2.24) is 0 Å². The average molecular weight is 334 g/mol. The first-order valence-corrected chi connectivity index (χ1v) is 9.32. The number of ether oxygens (including phenoxy) is 2. The molecule has 0 aromatic rings. The number of allylic oxidation sites excluding steroid dienone is 2. The van der Waals surface area contributed by atoms with Gasteiger partial charge in [-0.05, 0) is 62.9 Å². The zero-order valence-corrected chi connectivity index (χ0v) is 15.3. The third-order valence-corrected chi connectivity index (χ3v) is 7.25. The molecule has 4 rings (SSSR count). The lowest BCUT2D eigenvalue weighted by molar-refractivity contribution is -0.175. The van der Waals surface area contributed by atoms with Gasteiger partial charge < -0.3 is 19.7 Å². The molecule has 4 bridgehead atoms. The van der Waals surface area contributed by atoms with Crippen LogP contribution in [0.15, 0.2) is 22.8 Å². The molecule has 0 amide bonds. The average Bonchev–Trinajstić information content (AvgIpc) is 3.05. The van der Waals surface area contributed by atoms with Gasteiger partial charge in [0.15, 0.2) is 0 Å². The molecule has 4 nitrogen and oxygen atoms in total. The minimum Gasteiger partial charge on any atom is -0.389 e. The summed E-state index contributed by atoms with van der Waals surface area (Å²) in [4.78, 5) is 0. The molecule has 0 aromatic carbocycles. The van der Waals surface area contributed by atoms with Crippen LogP contribution >= 0.6 is 0 Å². The normalized spacial score (nSPS) is 51.4. The lowest BCUT2D eigenvalue weighted by atomic mass is 9.61. The van der Waals surface area contributed by atoms with E-state index in [1.807, 2.05) is 6.92 Å². The first-order chi connectivity index (χ1) is 11.2. The lowest BCUT2D eigenvalue weighted by Gasteiger charge is -2.44. The van der Waals surface area contributed by atoms with E-state index in [1.54, 1.807) is 0 Å². The maximum absolute atomic E-state index is 11.3. The highest BCUT2D eigenvalue weighted by molar-refractivity contribution is 5.41. The van der Waals surface area contributed by atoms with Crippen LogP contribution in [0.2, 0.25) is 0 Å². The Morgan fingerprint density at radius 1 is 1.25 bits per heavy atom. The fourth-order valence-corrected chi connectivity index (χ4v) is 5.17. The summed E-state index contributed by atoms with van der Waals surface area (Å²) in [5.41, 5.74) is 2.83. The molecular formula is C20H30O4. The number of fused-ring (bicyclic) bond motifs is 2. The Labute approximate surface area is 144 Å². The van der Waals surface area contributed by atoms with Crippen molar-refractivity contribution in [2.45, 2.75) is 83.4 Å². The summed E-state index contributed by atoms with van der Waals surface area (Å²) in [5, 5.41) is 22.1. The molecule has 24 heavy (non-hydrogen) atoms. The topological polar surface area (TPSA) is 62.2 Å². The number of hydrogen-bond acceptors (Lipinski definition) is 4. The molecule has 1 saturated heterocycles. The van der Waals surface area contributed by atoms with Gasteiger partial charge in [-0.15, -0.1) is 0 Å². The monoisotopic (exact) mass is 334 g/mol. The minimum atomic E-state index is -1.46. The first kappa shape index (κ1) is 16.8. The molecule has 0 spiro atoms. The van der Waals surface area contributed by atoms with Crippen molar-refractivity contribution < 1.29 is 19.7 Å². The minimum absolute atomic E-state index is 0.0430. The number of epoxide rings is 1. The van der Waals surface area contributed by atoms with Gasteiger partial charge >= 0.3 is 0 Å². The fourth-order valence-electron chi connectivity index (χ4n) is 5.17. The Balaban J connectivity index is 1.82. The lowest BCUT2D eigenvalue weighted by Crippen LogP contribution is -2.47. The Morgan fingerprint density at radius 3 is 2.75 bits per heavy atom. The Morgan fingerprint density at radius 2 is 2.00 bits per heavy atom. The van der Waals surface area contributed by atoms with Crippen molar-refractivity contribution in [1.29, 1.82) is 0 Å². The summed E-state index contributed by atoms with van der Waals surface area (Å²) >= 11 is 0. The molecule has 2 N–H and O–H groups in total. The Hall–Kier alpha value is -0.680. The van der Waals surface area contributed by atoms with Crippen LogP contribution in [0.1, 0.15) is 59.8 Å². The van der Waals surface area contributed by atoms with Crippen molar-refractivity contribution in [2.75, 3.05) is 6.61 Å². The number of aliphatic hydroxyl groups is 2. The SMILES string of the molecule is CC1=CCC[C@]2(C)O[C@H]2C2(O)OCC3=C2C(O)C[C@H](C)[C@@]3(C)CC1. The Kier molecular flexibility index (Phi) is 3.61. The van der Waals surface area contributed by atoms with Gasteiger partial charge in [0, 0.05) is 5.57 Å².